The summed E-state index contributed by atoms with van der Waals surface area (Å²) in [5.41, 5.74) is 9.16. The van der Waals surface area contributed by atoms with Crippen LogP contribution in [0.4, 0.5) is 5.82 Å². The zero-order chi connectivity index (χ0) is 20.4. The molecular formula is C21H23N5O3. The molecule has 0 unspecified atom stereocenters. The van der Waals surface area contributed by atoms with E-state index in [1.54, 1.807) is 12.4 Å². The molecule has 0 saturated heterocycles. The molecule has 1 aliphatic rings. The largest absolute Gasteiger partial charge is 0.481 e. The van der Waals surface area contributed by atoms with Crippen molar-refractivity contribution in [1.29, 1.82) is 0 Å². The zero-order valence-corrected chi connectivity index (χ0v) is 16.1. The lowest BCUT2D eigenvalue weighted by atomic mass is 9.87. The van der Waals surface area contributed by atoms with E-state index in [0.717, 1.165) is 35.4 Å². The van der Waals surface area contributed by atoms with Crippen LogP contribution in [0.2, 0.25) is 0 Å². The molecular weight excluding hydrogens is 370 g/mol. The maximum Gasteiger partial charge on any atom is 0.306 e. The highest BCUT2D eigenvalue weighted by Crippen LogP contribution is 2.28. The maximum atomic E-state index is 11.0. The third kappa shape index (κ3) is 4.21. The summed E-state index contributed by atoms with van der Waals surface area (Å²) < 4.78 is 5.92. The molecule has 0 bridgehead atoms. The second kappa shape index (κ2) is 7.90. The number of nitrogens with one attached hydrogen (secondary N) is 1. The van der Waals surface area contributed by atoms with Crippen molar-refractivity contribution < 1.29 is 14.6 Å². The van der Waals surface area contributed by atoms with Crippen molar-refractivity contribution in [3.8, 4) is 28.5 Å². The van der Waals surface area contributed by atoms with Gasteiger partial charge in [0.15, 0.2) is 0 Å². The molecule has 3 aromatic heterocycles. The lowest BCUT2D eigenvalue weighted by molar-refractivity contribution is -0.143. The van der Waals surface area contributed by atoms with Crippen molar-refractivity contribution in [2.45, 2.75) is 38.7 Å². The monoisotopic (exact) mass is 393 g/mol. The van der Waals surface area contributed by atoms with E-state index in [9.17, 15) is 4.79 Å². The van der Waals surface area contributed by atoms with Crippen LogP contribution in [0.1, 0.15) is 31.4 Å². The van der Waals surface area contributed by atoms with Crippen LogP contribution in [0.25, 0.3) is 22.6 Å². The molecule has 0 aromatic carbocycles. The van der Waals surface area contributed by atoms with Gasteiger partial charge in [-0.2, -0.15) is 0 Å². The van der Waals surface area contributed by atoms with E-state index in [2.05, 4.69) is 19.9 Å². The third-order valence-corrected chi connectivity index (χ3v) is 5.30. The van der Waals surface area contributed by atoms with Crippen LogP contribution in [-0.4, -0.2) is 37.1 Å². The second-order valence-electron chi connectivity index (χ2n) is 7.34. The van der Waals surface area contributed by atoms with Gasteiger partial charge in [0.05, 0.1) is 17.3 Å². The Balaban J connectivity index is 1.39. The summed E-state index contributed by atoms with van der Waals surface area (Å²) in [6.45, 7) is 1.88. The molecule has 1 saturated carbocycles. The summed E-state index contributed by atoms with van der Waals surface area (Å²) in [4.78, 5) is 27.3. The van der Waals surface area contributed by atoms with Gasteiger partial charge in [0.25, 0.3) is 0 Å². The van der Waals surface area contributed by atoms with Crippen LogP contribution >= 0.6 is 0 Å². The smallest absolute Gasteiger partial charge is 0.306 e. The molecule has 1 aliphatic carbocycles. The average molecular weight is 393 g/mol. The number of aryl methyl sites for hydroxylation is 1. The molecule has 0 spiro atoms. The normalized spacial score (nSPS) is 19.1. The lowest BCUT2D eigenvalue weighted by Crippen LogP contribution is -2.28. The summed E-state index contributed by atoms with van der Waals surface area (Å²) in [5, 5.41) is 9.08. The second-order valence-corrected chi connectivity index (χ2v) is 7.34. The number of rotatable bonds is 5. The predicted octanol–water partition coefficient (Wildman–Crippen LogP) is 3.45. The zero-order valence-electron chi connectivity index (χ0n) is 16.1. The van der Waals surface area contributed by atoms with Gasteiger partial charge in [-0.1, -0.05) is 0 Å². The number of aromatic nitrogens is 4. The molecule has 4 N–H and O–H groups in total. The first-order chi connectivity index (χ1) is 14.0. The van der Waals surface area contributed by atoms with Gasteiger partial charge in [0.2, 0.25) is 5.88 Å². The van der Waals surface area contributed by atoms with Crippen molar-refractivity contribution in [2.75, 3.05) is 5.73 Å². The van der Waals surface area contributed by atoms with Crippen molar-refractivity contribution in [3.05, 3.63) is 42.4 Å². The number of carboxylic acids is 1. The molecule has 1 fully saturated rings. The number of H-pyrrole nitrogens is 1. The Morgan fingerprint density at radius 2 is 1.83 bits per heavy atom. The Bertz CT molecular complexity index is 971. The summed E-state index contributed by atoms with van der Waals surface area (Å²) in [7, 11) is 0. The number of imidazole rings is 1. The number of hydrogen-bond donors (Lipinski definition) is 3. The highest BCUT2D eigenvalue weighted by atomic mass is 16.5. The van der Waals surface area contributed by atoms with Crippen LogP contribution < -0.4 is 10.5 Å². The Morgan fingerprint density at radius 3 is 2.38 bits per heavy atom. The van der Waals surface area contributed by atoms with Crippen LogP contribution in [0.3, 0.4) is 0 Å². The number of carboxylic acid groups (broad SMARTS) is 1. The van der Waals surface area contributed by atoms with Crippen LogP contribution in [0.15, 0.2) is 36.7 Å². The van der Waals surface area contributed by atoms with Gasteiger partial charge in [0.1, 0.15) is 17.7 Å². The highest BCUT2D eigenvalue weighted by molar-refractivity contribution is 5.70. The average Bonchev–Trinajstić information content (AvgIpc) is 3.08. The maximum absolute atomic E-state index is 11.0. The van der Waals surface area contributed by atoms with E-state index in [1.165, 1.54) is 0 Å². The number of pyridine rings is 2. The number of carbonyl (C=O) groups is 1. The van der Waals surface area contributed by atoms with Crippen molar-refractivity contribution >= 4 is 11.8 Å². The minimum Gasteiger partial charge on any atom is -0.481 e. The Labute approximate surface area is 168 Å². The van der Waals surface area contributed by atoms with Gasteiger partial charge < -0.3 is 20.6 Å². The molecule has 29 heavy (non-hydrogen) atoms. The summed E-state index contributed by atoms with van der Waals surface area (Å²) in [5.74, 6) is 0.764. The molecule has 150 valence electrons. The van der Waals surface area contributed by atoms with Gasteiger partial charge in [0, 0.05) is 29.6 Å². The van der Waals surface area contributed by atoms with E-state index in [4.69, 9.17) is 15.6 Å². The molecule has 4 rings (SSSR count). The highest BCUT2D eigenvalue weighted by Gasteiger charge is 2.27. The molecule has 0 aliphatic heterocycles. The predicted molar refractivity (Wildman–Crippen MR) is 108 cm³/mol. The summed E-state index contributed by atoms with van der Waals surface area (Å²) in [6.07, 6.45) is 6.27. The first-order valence-electron chi connectivity index (χ1n) is 9.64. The van der Waals surface area contributed by atoms with Gasteiger partial charge in [-0.05, 0) is 50.8 Å². The summed E-state index contributed by atoms with van der Waals surface area (Å²) in [6, 6.07) is 7.59. The van der Waals surface area contributed by atoms with Crippen molar-refractivity contribution in [2.24, 2.45) is 5.92 Å². The van der Waals surface area contributed by atoms with E-state index in [-0.39, 0.29) is 12.0 Å². The molecule has 0 atom stereocenters. The van der Waals surface area contributed by atoms with E-state index in [1.807, 2.05) is 31.2 Å². The molecule has 3 heterocycles. The van der Waals surface area contributed by atoms with Crippen LogP contribution in [0, 0.1) is 12.8 Å². The lowest BCUT2D eigenvalue weighted by Gasteiger charge is -2.26. The minimum absolute atomic E-state index is 0.0190. The van der Waals surface area contributed by atoms with Gasteiger partial charge in [-0.25, -0.2) is 9.97 Å². The topological polar surface area (TPSA) is 127 Å². The molecule has 0 amide bonds. The van der Waals surface area contributed by atoms with Crippen molar-refractivity contribution in [1.82, 2.24) is 19.9 Å². The molecule has 8 nitrogen and oxygen atoms in total. The van der Waals surface area contributed by atoms with Gasteiger partial charge >= 0.3 is 5.97 Å². The van der Waals surface area contributed by atoms with Crippen LogP contribution in [0.5, 0.6) is 5.88 Å². The van der Waals surface area contributed by atoms with Crippen LogP contribution in [-0.2, 0) is 4.79 Å². The summed E-state index contributed by atoms with van der Waals surface area (Å²) >= 11 is 0. The number of nitrogen functional groups attached to an aromatic ring is 1. The van der Waals surface area contributed by atoms with E-state index >= 15 is 0 Å². The molecule has 0 radical (unpaired) electrons. The van der Waals surface area contributed by atoms with Gasteiger partial charge in [-0.15, -0.1) is 0 Å². The first kappa shape index (κ1) is 18.9. The van der Waals surface area contributed by atoms with E-state index in [0.29, 0.717) is 30.4 Å². The number of nitrogens with two attached hydrogens (primary N) is 1. The number of ether oxygens (including phenoxy) is 1. The fourth-order valence-electron chi connectivity index (χ4n) is 3.52. The third-order valence-electron chi connectivity index (χ3n) is 5.30. The fraction of sp³-hybridized carbons (Fsp3) is 0.333. The number of aromatic amines is 1. The minimum atomic E-state index is -0.713. The molecule has 3 aromatic rings. The SMILES string of the molecule is Cc1[nH]c(-c2ccc(-c3ccc(OC4CCC(C(=O)O)CC4)nc3)nc2)nc1N. The Morgan fingerprint density at radius 1 is 1.10 bits per heavy atom. The Hall–Kier alpha value is -3.42. The number of hydrogen-bond acceptors (Lipinski definition) is 6. The van der Waals surface area contributed by atoms with Gasteiger partial charge in [-0.3, -0.25) is 9.78 Å². The number of anilines is 1. The number of aliphatic carboxylic acids is 1. The molecule has 8 heteroatoms. The standard InChI is InChI=1S/C21H23N5O3/c1-12-19(22)26-20(25-12)15-4-8-17(23-11-15)14-5-9-18(24-10-14)29-16-6-2-13(3-7-16)21(27)28/h4-5,8-11,13,16H,2-3,6-7,22H2,1H3,(H,25,26)(H,27,28). The quantitative estimate of drug-likeness (QED) is 0.606. The van der Waals surface area contributed by atoms with Crippen molar-refractivity contribution in [3.63, 3.8) is 0 Å². The first-order valence-corrected chi connectivity index (χ1v) is 9.64. The van der Waals surface area contributed by atoms with E-state index < -0.39 is 5.97 Å². The fourth-order valence-corrected chi connectivity index (χ4v) is 3.52. The Kier molecular flexibility index (Phi) is 5.16. The number of nitrogens with zero attached hydrogens (tertiary/aromatic N) is 3.